The fraction of sp³-hybridized carbons (Fsp3) is 0.391. The summed E-state index contributed by atoms with van der Waals surface area (Å²) < 4.78 is 33.9. The molecule has 1 aliphatic heterocycles. The van der Waals surface area contributed by atoms with E-state index < -0.39 is 11.6 Å². The average Bonchev–Trinajstić information content (AvgIpc) is 3.22. The lowest BCUT2D eigenvalue weighted by molar-refractivity contribution is -0.118. The quantitative estimate of drug-likeness (QED) is 0.546. The van der Waals surface area contributed by atoms with Crippen molar-refractivity contribution in [2.75, 3.05) is 29.7 Å². The number of ether oxygens (including phenoxy) is 1. The third-order valence-corrected chi connectivity index (χ3v) is 5.76. The number of hydrogen-bond acceptors (Lipinski definition) is 7. The van der Waals surface area contributed by atoms with Gasteiger partial charge in [-0.1, -0.05) is 13.8 Å². The summed E-state index contributed by atoms with van der Waals surface area (Å²) in [5, 5.41) is 10.4. The standard InChI is InChI=1S/C23H27F2N7O2/c1-12(2)20-22(33)29-19-13(3)28-23(30-21(19)31(20)4)26-8-14-9-27-32(10-14)11-15-6-16(24)17(25)7-18(15)34-5/h6-7,9-10,12,20H,8,11H2,1-5H3,(H,29,33)(H,26,28,30)/t20-/m0/s1. The highest BCUT2D eigenvalue weighted by atomic mass is 19.2. The van der Waals surface area contributed by atoms with E-state index in [0.717, 1.165) is 17.7 Å². The maximum absolute atomic E-state index is 13.7. The molecule has 2 aromatic heterocycles. The van der Waals surface area contributed by atoms with Crippen molar-refractivity contribution in [1.82, 2.24) is 19.7 Å². The number of aromatic nitrogens is 4. The second-order valence-electron chi connectivity index (χ2n) is 8.60. The summed E-state index contributed by atoms with van der Waals surface area (Å²) in [5.74, 6) is -0.512. The minimum Gasteiger partial charge on any atom is -0.496 e. The third-order valence-electron chi connectivity index (χ3n) is 5.76. The van der Waals surface area contributed by atoms with Crippen molar-refractivity contribution in [1.29, 1.82) is 0 Å². The van der Waals surface area contributed by atoms with Crippen molar-refractivity contribution in [3.63, 3.8) is 0 Å². The second-order valence-corrected chi connectivity index (χ2v) is 8.60. The van der Waals surface area contributed by atoms with E-state index in [1.807, 2.05) is 32.7 Å². The lowest BCUT2D eigenvalue weighted by Gasteiger charge is -2.36. The smallest absolute Gasteiger partial charge is 0.247 e. The lowest BCUT2D eigenvalue weighted by Crippen LogP contribution is -2.49. The molecule has 180 valence electrons. The molecule has 0 bridgehead atoms. The van der Waals surface area contributed by atoms with Crippen molar-refractivity contribution in [2.45, 2.75) is 39.9 Å². The van der Waals surface area contributed by atoms with Crippen LogP contribution in [0.2, 0.25) is 0 Å². The number of fused-ring (bicyclic) bond motifs is 1. The molecule has 34 heavy (non-hydrogen) atoms. The third kappa shape index (κ3) is 4.50. The topological polar surface area (TPSA) is 97.2 Å². The van der Waals surface area contributed by atoms with Gasteiger partial charge in [0.25, 0.3) is 0 Å². The van der Waals surface area contributed by atoms with Gasteiger partial charge in [0.1, 0.15) is 17.5 Å². The molecule has 0 spiro atoms. The van der Waals surface area contributed by atoms with Gasteiger partial charge in [-0.3, -0.25) is 9.48 Å². The monoisotopic (exact) mass is 471 g/mol. The number of hydrogen-bond donors (Lipinski definition) is 2. The number of aryl methyl sites for hydroxylation is 1. The van der Waals surface area contributed by atoms with Crippen LogP contribution in [0.1, 0.15) is 30.7 Å². The predicted molar refractivity (Wildman–Crippen MR) is 124 cm³/mol. The number of anilines is 3. The summed E-state index contributed by atoms with van der Waals surface area (Å²) in [6.45, 7) is 6.43. The zero-order valence-electron chi connectivity index (χ0n) is 19.7. The van der Waals surface area contributed by atoms with Gasteiger partial charge < -0.3 is 20.3 Å². The largest absolute Gasteiger partial charge is 0.496 e. The summed E-state index contributed by atoms with van der Waals surface area (Å²) in [6, 6.07) is 1.81. The van der Waals surface area contributed by atoms with Crippen LogP contribution in [0.4, 0.5) is 26.2 Å². The zero-order chi connectivity index (χ0) is 24.6. The molecule has 0 saturated heterocycles. The number of likely N-dealkylation sites (N-methyl/N-ethyl adjacent to an activating group) is 1. The molecule has 1 aromatic carbocycles. The first-order valence-corrected chi connectivity index (χ1v) is 10.9. The minimum atomic E-state index is -0.962. The first kappa shape index (κ1) is 23.4. The molecule has 0 radical (unpaired) electrons. The van der Waals surface area contributed by atoms with E-state index in [0.29, 0.717) is 35.3 Å². The molecule has 0 fully saturated rings. The first-order chi connectivity index (χ1) is 16.2. The van der Waals surface area contributed by atoms with Crippen LogP contribution < -0.4 is 20.3 Å². The van der Waals surface area contributed by atoms with Gasteiger partial charge >= 0.3 is 0 Å². The van der Waals surface area contributed by atoms with Crippen LogP contribution in [0.15, 0.2) is 24.5 Å². The number of rotatable bonds is 7. The van der Waals surface area contributed by atoms with E-state index in [1.54, 1.807) is 17.1 Å². The number of nitrogens with one attached hydrogen (secondary N) is 2. The molecule has 11 heteroatoms. The van der Waals surface area contributed by atoms with Gasteiger partial charge in [-0.2, -0.15) is 10.1 Å². The summed E-state index contributed by atoms with van der Waals surface area (Å²) in [4.78, 5) is 23.5. The summed E-state index contributed by atoms with van der Waals surface area (Å²) in [6.07, 6.45) is 3.46. The number of methoxy groups -OCH3 is 1. The lowest BCUT2D eigenvalue weighted by atomic mass is 9.99. The fourth-order valence-electron chi connectivity index (χ4n) is 4.12. The molecule has 1 atom stereocenters. The minimum absolute atomic E-state index is 0.0671. The Morgan fingerprint density at radius 1 is 1.24 bits per heavy atom. The van der Waals surface area contributed by atoms with E-state index in [1.165, 1.54) is 7.11 Å². The second kappa shape index (κ2) is 9.24. The summed E-state index contributed by atoms with van der Waals surface area (Å²) in [7, 11) is 3.26. The van der Waals surface area contributed by atoms with E-state index in [-0.39, 0.29) is 30.2 Å². The van der Waals surface area contributed by atoms with Gasteiger partial charge in [-0.25, -0.2) is 13.8 Å². The van der Waals surface area contributed by atoms with E-state index in [2.05, 4.69) is 25.7 Å². The number of benzene rings is 1. The molecule has 2 N–H and O–H groups in total. The molecule has 0 unspecified atom stereocenters. The van der Waals surface area contributed by atoms with E-state index in [9.17, 15) is 13.6 Å². The van der Waals surface area contributed by atoms with Crippen LogP contribution in [-0.4, -0.2) is 45.9 Å². The molecule has 9 nitrogen and oxygen atoms in total. The van der Waals surface area contributed by atoms with Crippen LogP contribution in [0, 0.1) is 24.5 Å². The Labute approximate surface area is 196 Å². The molecular weight excluding hydrogens is 444 g/mol. The van der Waals surface area contributed by atoms with Crippen molar-refractivity contribution in [3.05, 3.63) is 53.0 Å². The van der Waals surface area contributed by atoms with Crippen molar-refractivity contribution in [2.24, 2.45) is 5.92 Å². The van der Waals surface area contributed by atoms with Gasteiger partial charge in [0.15, 0.2) is 17.5 Å². The fourth-order valence-corrected chi connectivity index (χ4v) is 4.12. The Hall–Kier alpha value is -3.76. The summed E-state index contributed by atoms with van der Waals surface area (Å²) in [5.41, 5.74) is 2.60. The Bertz CT molecular complexity index is 1230. The van der Waals surface area contributed by atoms with Gasteiger partial charge in [0, 0.05) is 37.0 Å². The first-order valence-electron chi connectivity index (χ1n) is 10.9. The molecule has 0 aliphatic carbocycles. The molecular formula is C23H27F2N7O2. The normalized spacial score (nSPS) is 15.4. The van der Waals surface area contributed by atoms with Crippen LogP contribution in [0.3, 0.4) is 0 Å². The Morgan fingerprint density at radius 3 is 2.68 bits per heavy atom. The van der Waals surface area contributed by atoms with Gasteiger partial charge in [-0.05, 0) is 18.9 Å². The van der Waals surface area contributed by atoms with Gasteiger partial charge in [0.2, 0.25) is 11.9 Å². The van der Waals surface area contributed by atoms with Crippen LogP contribution in [-0.2, 0) is 17.9 Å². The van der Waals surface area contributed by atoms with Crippen LogP contribution >= 0.6 is 0 Å². The zero-order valence-corrected chi connectivity index (χ0v) is 19.7. The highest BCUT2D eigenvalue weighted by Gasteiger charge is 2.35. The highest BCUT2D eigenvalue weighted by molar-refractivity contribution is 6.03. The van der Waals surface area contributed by atoms with Crippen molar-refractivity contribution >= 4 is 23.4 Å². The molecule has 3 heterocycles. The van der Waals surface area contributed by atoms with Gasteiger partial charge in [-0.15, -0.1) is 0 Å². The summed E-state index contributed by atoms with van der Waals surface area (Å²) >= 11 is 0. The maximum Gasteiger partial charge on any atom is 0.247 e. The number of carbonyl (C=O) groups excluding carboxylic acids is 1. The Kier molecular flexibility index (Phi) is 6.36. The number of amides is 1. The molecule has 1 aliphatic rings. The maximum atomic E-state index is 13.7. The average molecular weight is 472 g/mol. The van der Waals surface area contributed by atoms with Gasteiger partial charge in [0.05, 0.1) is 25.5 Å². The molecule has 1 amide bonds. The van der Waals surface area contributed by atoms with Crippen LogP contribution in [0.25, 0.3) is 0 Å². The number of carbonyl (C=O) groups is 1. The Morgan fingerprint density at radius 2 is 1.97 bits per heavy atom. The molecule has 4 rings (SSSR count). The molecule has 3 aromatic rings. The van der Waals surface area contributed by atoms with E-state index in [4.69, 9.17) is 4.74 Å². The number of halogens is 2. The number of nitrogens with zero attached hydrogens (tertiary/aromatic N) is 5. The van der Waals surface area contributed by atoms with Crippen molar-refractivity contribution in [3.8, 4) is 5.75 Å². The van der Waals surface area contributed by atoms with E-state index >= 15 is 0 Å². The predicted octanol–water partition coefficient (Wildman–Crippen LogP) is 3.34. The Balaban J connectivity index is 1.48. The molecule has 0 saturated carbocycles. The van der Waals surface area contributed by atoms with Crippen molar-refractivity contribution < 1.29 is 18.3 Å². The van der Waals surface area contributed by atoms with Crippen LogP contribution in [0.5, 0.6) is 5.75 Å². The highest BCUT2D eigenvalue weighted by Crippen LogP contribution is 2.34. The SMILES string of the molecule is COc1cc(F)c(F)cc1Cn1cc(CNc2nc(C)c3c(n2)N(C)[C@@H](C(C)C)C(=O)N3)cn1.